The number of alkyl halides is 3. The molecule has 0 heterocycles. The lowest BCUT2D eigenvalue weighted by molar-refractivity contribution is -0.385. The Morgan fingerprint density at radius 2 is 2.04 bits per heavy atom. The van der Waals surface area contributed by atoms with Crippen molar-refractivity contribution in [1.82, 2.24) is 5.32 Å². The van der Waals surface area contributed by atoms with Gasteiger partial charge in [-0.05, 0) is 18.6 Å². The van der Waals surface area contributed by atoms with Gasteiger partial charge in [-0.1, -0.05) is 12.1 Å². The second-order valence-electron chi connectivity index (χ2n) is 4.46. The Morgan fingerprint density at radius 3 is 2.70 bits per heavy atom. The molecule has 0 saturated carbocycles. The highest BCUT2D eigenvalue weighted by Crippen LogP contribution is 2.18. The molecule has 1 amide bonds. The Bertz CT molecular complexity index is 573. The molecule has 1 rings (SSSR count). The molecule has 9 heteroatoms. The van der Waals surface area contributed by atoms with Crippen molar-refractivity contribution in [2.24, 2.45) is 0 Å². The zero-order valence-electron chi connectivity index (χ0n) is 12.0. The van der Waals surface area contributed by atoms with Crippen LogP contribution in [0.3, 0.4) is 0 Å². The number of carbonyl (C=O) groups excluding carboxylic acids is 1. The number of amides is 1. The largest absolute Gasteiger partial charge is 0.411 e. The van der Waals surface area contributed by atoms with Crippen LogP contribution in [-0.4, -0.2) is 36.8 Å². The van der Waals surface area contributed by atoms with Gasteiger partial charge in [0.15, 0.2) is 0 Å². The van der Waals surface area contributed by atoms with Gasteiger partial charge in [0.1, 0.15) is 6.61 Å². The van der Waals surface area contributed by atoms with E-state index in [1.165, 1.54) is 24.3 Å². The number of nitrogens with one attached hydrogen (secondary N) is 1. The van der Waals surface area contributed by atoms with Crippen molar-refractivity contribution in [3.8, 4) is 0 Å². The molecule has 126 valence electrons. The van der Waals surface area contributed by atoms with Crippen LogP contribution < -0.4 is 5.32 Å². The van der Waals surface area contributed by atoms with Crippen molar-refractivity contribution in [1.29, 1.82) is 0 Å². The highest BCUT2D eigenvalue weighted by molar-refractivity contribution is 5.92. The smallest absolute Gasteiger partial charge is 0.372 e. The van der Waals surface area contributed by atoms with Crippen molar-refractivity contribution in [2.45, 2.75) is 12.6 Å². The SMILES string of the molecule is O=C(C=Cc1ccccc1[N+](=O)[O-])NCCCOCC(F)(F)F. The molecule has 0 aliphatic heterocycles. The van der Waals surface area contributed by atoms with E-state index >= 15 is 0 Å². The molecule has 0 aliphatic rings. The van der Waals surface area contributed by atoms with Crippen LogP contribution in [0.5, 0.6) is 0 Å². The summed E-state index contributed by atoms with van der Waals surface area (Å²) in [5.41, 5.74) is 0.151. The van der Waals surface area contributed by atoms with Gasteiger partial charge in [0.25, 0.3) is 5.69 Å². The normalized spacial score (nSPS) is 11.6. The van der Waals surface area contributed by atoms with Gasteiger partial charge in [-0.2, -0.15) is 13.2 Å². The zero-order valence-corrected chi connectivity index (χ0v) is 12.0. The fraction of sp³-hybridized carbons (Fsp3) is 0.357. The molecule has 6 nitrogen and oxygen atoms in total. The molecule has 0 atom stereocenters. The predicted octanol–water partition coefficient (Wildman–Crippen LogP) is 2.69. The molecular weight excluding hydrogens is 317 g/mol. The van der Waals surface area contributed by atoms with Crippen LogP contribution >= 0.6 is 0 Å². The lowest BCUT2D eigenvalue weighted by Gasteiger charge is -2.07. The summed E-state index contributed by atoms with van der Waals surface area (Å²) in [7, 11) is 0. The number of carbonyl (C=O) groups is 1. The third-order valence-electron chi connectivity index (χ3n) is 2.58. The summed E-state index contributed by atoms with van der Waals surface area (Å²) >= 11 is 0. The zero-order chi connectivity index (χ0) is 17.3. The number of ether oxygens (including phenoxy) is 1. The van der Waals surface area contributed by atoms with Crippen molar-refractivity contribution in [3.63, 3.8) is 0 Å². The molecule has 0 aliphatic carbocycles. The third kappa shape index (κ3) is 7.96. The molecular formula is C14H15F3N2O4. The summed E-state index contributed by atoms with van der Waals surface area (Å²) in [6.45, 7) is -1.32. The fourth-order valence-corrected chi connectivity index (χ4v) is 1.59. The first-order chi connectivity index (χ1) is 10.8. The summed E-state index contributed by atoms with van der Waals surface area (Å²) in [6, 6.07) is 5.92. The number of nitro groups is 1. The minimum absolute atomic E-state index is 0.128. The van der Waals surface area contributed by atoms with Crippen LogP contribution in [-0.2, 0) is 9.53 Å². The number of hydrogen-bond donors (Lipinski definition) is 1. The second-order valence-corrected chi connectivity index (χ2v) is 4.46. The fourth-order valence-electron chi connectivity index (χ4n) is 1.59. The van der Waals surface area contributed by atoms with E-state index in [0.717, 1.165) is 6.08 Å². The molecule has 23 heavy (non-hydrogen) atoms. The van der Waals surface area contributed by atoms with Gasteiger partial charge in [-0.3, -0.25) is 14.9 Å². The summed E-state index contributed by atoms with van der Waals surface area (Å²) in [5.74, 6) is -0.501. The number of hydrogen-bond acceptors (Lipinski definition) is 4. The molecule has 0 bridgehead atoms. The number of benzene rings is 1. The predicted molar refractivity (Wildman–Crippen MR) is 76.6 cm³/mol. The maximum atomic E-state index is 11.8. The molecule has 0 radical (unpaired) electrons. The first kappa shape index (κ1) is 18.6. The lowest BCUT2D eigenvalue weighted by Crippen LogP contribution is -2.24. The highest BCUT2D eigenvalue weighted by Gasteiger charge is 2.27. The van der Waals surface area contributed by atoms with E-state index < -0.39 is 23.6 Å². The topological polar surface area (TPSA) is 81.5 Å². The number of nitro benzene ring substituents is 1. The van der Waals surface area contributed by atoms with Gasteiger partial charge in [-0.15, -0.1) is 0 Å². The van der Waals surface area contributed by atoms with Gasteiger partial charge >= 0.3 is 6.18 Å². The van der Waals surface area contributed by atoms with E-state index in [4.69, 9.17) is 0 Å². The monoisotopic (exact) mass is 332 g/mol. The number of rotatable bonds is 8. The summed E-state index contributed by atoms with van der Waals surface area (Å²) < 4.78 is 39.8. The van der Waals surface area contributed by atoms with Crippen LogP contribution in [0.15, 0.2) is 30.3 Å². The molecule has 0 saturated heterocycles. The van der Waals surface area contributed by atoms with Crippen LogP contribution in [0.2, 0.25) is 0 Å². The van der Waals surface area contributed by atoms with Gasteiger partial charge in [0.05, 0.1) is 10.5 Å². The Hall–Kier alpha value is -2.42. The van der Waals surface area contributed by atoms with Gasteiger partial charge in [-0.25, -0.2) is 0 Å². The Balaban J connectivity index is 2.33. The van der Waals surface area contributed by atoms with Gasteiger partial charge < -0.3 is 10.1 Å². The van der Waals surface area contributed by atoms with E-state index in [9.17, 15) is 28.1 Å². The minimum Gasteiger partial charge on any atom is -0.372 e. The van der Waals surface area contributed by atoms with Gasteiger partial charge in [0, 0.05) is 25.3 Å². The first-order valence-electron chi connectivity index (χ1n) is 6.63. The Morgan fingerprint density at radius 1 is 1.35 bits per heavy atom. The molecule has 0 fully saturated rings. The number of para-hydroxylation sites is 1. The van der Waals surface area contributed by atoms with Crippen molar-refractivity contribution >= 4 is 17.7 Å². The van der Waals surface area contributed by atoms with Crippen molar-refractivity contribution < 1.29 is 27.6 Å². The maximum Gasteiger partial charge on any atom is 0.411 e. The van der Waals surface area contributed by atoms with E-state index in [2.05, 4.69) is 10.1 Å². The molecule has 0 aromatic heterocycles. The average molecular weight is 332 g/mol. The molecule has 0 spiro atoms. The summed E-state index contributed by atoms with van der Waals surface area (Å²) in [5, 5.41) is 13.2. The minimum atomic E-state index is -4.36. The van der Waals surface area contributed by atoms with Gasteiger partial charge in [0.2, 0.25) is 5.91 Å². The standard InChI is InChI=1S/C14H15F3N2O4/c15-14(16,17)10-23-9-3-8-18-13(20)7-6-11-4-1-2-5-12(11)19(21)22/h1-2,4-7H,3,8-10H2,(H,18,20). The number of nitrogens with zero attached hydrogens (tertiary/aromatic N) is 1. The number of halogens is 3. The Kier molecular flexibility index (Phi) is 7.20. The summed E-state index contributed by atoms with van der Waals surface area (Å²) in [4.78, 5) is 21.7. The first-order valence-corrected chi connectivity index (χ1v) is 6.63. The lowest BCUT2D eigenvalue weighted by atomic mass is 10.1. The maximum absolute atomic E-state index is 11.8. The van der Waals surface area contributed by atoms with E-state index in [-0.39, 0.29) is 30.8 Å². The summed E-state index contributed by atoms with van der Waals surface area (Å²) in [6.07, 6.45) is -1.72. The molecule has 1 aromatic rings. The van der Waals surface area contributed by atoms with Crippen molar-refractivity contribution in [3.05, 3.63) is 46.0 Å². The van der Waals surface area contributed by atoms with Crippen molar-refractivity contribution in [2.75, 3.05) is 19.8 Å². The molecule has 0 unspecified atom stereocenters. The quantitative estimate of drug-likeness (QED) is 0.343. The molecule has 1 aromatic carbocycles. The Labute approximate surface area is 130 Å². The van der Waals surface area contributed by atoms with Crippen LogP contribution in [0.25, 0.3) is 6.08 Å². The van der Waals surface area contributed by atoms with E-state index in [1.807, 2.05) is 0 Å². The molecule has 1 N–H and O–H groups in total. The van der Waals surface area contributed by atoms with Crippen LogP contribution in [0, 0.1) is 10.1 Å². The van der Waals surface area contributed by atoms with Crippen LogP contribution in [0.1, 0.15) is 12.0 Å². The second kappa shape index (κ2) is 8.89. The van der Waals surface area contributed by atoms with Crippen LogP contribution in [0.4, 0.5) is 18.9 Å². The third-order valence-corrected chi connectivity index (χ3v) is 2.58. The highest BCUT2D eigenvalue weighted by atomic mass is 19.4. The average Bonchev–Trinajstić information content (AvgIpc) is 2.47. The van der Waals surface area contributed by atoms with E-state index in [0.29, 0.717) is 0 Å². The van der Waals surface area contributed by atoms with E-state index in [1.54, 1.807) is 6.07 Å².